The molecule has 1 atom stereocenters. The molecule has 0 amide bonds. The lowest BCUT2D eigenvalue weighted by atomic mass is 10.0. The van der Waals surface area contributed by atoms with Gasteiger partial charge in [0.15, 0.2) is 0 Å². The van der Waals surface area contributed by atoms with Gasteiger partial charge in [0, 0.05) is 19.3 Å². The predicted octanol–water partition coefficient (Wildman–Crippen LogP) is 3.71. The highest BCUT2D eigenvalue weighted by Crippen LogP contribution is 2.16. The second kappa shape index (κ2) is 8.28. The van der Waals surface area contributed by atoms with Crippen LogP contribution in [0, 0.1) is 12.8 Å². The summed E-state index contributed by atoms with van der Waals surface area (Å²) in [5.74, 6) is 0.629. The number of nitrogens with one attached hydrogen (secondary N) is 1. The molecule has 0 aliphatic carbocycles. The summed E-state index contributed by atoms with van der Waals surface area (Å²) < 4.78 is 5.57. The van der Waals surface area contributed by atoms with Crippen molar-refractivity contribution in [2.24, 2.45) is 5.92 Å². The van der Waals surface area contributed by atoms with E-state index in [1.54, 1.807) is 0 Å². The van der Waals surface area contributed by atoms with Gasteiger partial charge in [0.05, 0.1) is 0 Å². The Hall–Kier alpha value is -0.860. The van der Waals surface area contributed by atoms with Crippen molar-refractivity contribution in [3.63, 3.8) is 0 Å². The third kappa shape index (κ3) is 5.65. The maximum Gasteiger partial charge on any atom is 0.0489 e. The Morgan fingerprint density at radius 1 is 1.17 bits per heavy atom. The van der Waals surface area contributed by atoms with Crippen molar-refractivity contribution in [3.05, 3.63) is 35.4 Å². The van der Waals surface area contributed by atoms with Gasteiger partial charge in [-0.1, -0.05) is 38.1 Å². The highest BCUT2D eigenvalue weighted by atomic mass is 16.5. The molecule has 0 bridgehead atoms. The molecule has 1 N–H and O–H groups in total. The van der Waals surface area contributed by atoms with Gasteiger partial charge in [-0.2, -0.15) is 0 Å². The molecule has 2 heteroatoms. The number of benzene rings is 1. The molecule has 0 aliphatic heterocycles. The van der Waals surface area contributed by atoms with E-state index in [0.717, 1.165) is 26.2 Å². The van der Waals surface area contributed by atoms with E-state index in [1.807, 2.05) is 0 Å². The Bertz CT molecular complexity index is 336. The van der Waals surface area contributed by atoms with Crippen molar-refractivity contribution >= 4 is 0 Å². The van der Waals surface area contributed by atoms with Crippen molar-refractivity contribution in [2.75, 3.05) is 19.8 Å². The Balaban J connectivity index is 2.18. The van der Waals surface area contributed by atoms with Gasteiger partial charge in [-0.25, -0.2) is 0 Å². The molecule has 0 saturated carbocycles. The summed E-state index contributed by atoms with van der Waals surface area (Å²) >= 11 is 0. The van der Waals surface area contributed by atoms with Gasteiger partial charge in [0.1, 0.15) is 0 Å². The monoisotopic (exact) mass is 249 g/mol. The van der Waals surface area contributed by atoms with Gasteiger partial charge in [0.2, 0.25) is 0 Å². The molecular weight excluding hydrogens is 222 g/mol. The number of rotatable bonds is 8. The summed E-state index contributed by atoms with van der Waals surface area (Å²) in [6.07, 6.45) is 1.07. The third-order valence-electron chi connectivity index (χ3n) is 3.02. The van der Waals surface area contributed by atoms with Gasteiger partial charge < -0.3 is 10.1 Å². The van der Waals surface area contributed by atoms with Crippen LogP contribution < -0.4 is 5.32 Å². The van der Waals surface area contributed by atoms with E-state index in [9.17, 15) is 0 Å². The van der Waals surface area contributed by atoms with E-state index in [1.165, 1.54) is 11.1 Å². The van der Waals surface area contributed by atoms with Gasteiger partial charge in [-0.05, 0) is 43.9 Å². The lowest BCUT2D eigenvalue weighted by Gasteiger charge is -2.16. The van der Waals surface area contributed by atoms with E-state index < -0.39 is 0 Å². The molecule has 0 radical (unpaired) electrons. The molecule has 0 heterocycles. The molecular formula is C16H27NO. The molecule has 1 rings (SSSR count). The van der Waals surface area contributed by atoms with Crippen LogP contribution in [0.25, 0.3) is 0 Å². The molecule has 1 aromatic carbocycles. The minimum absolute atomic E-state index is 0.413. The average molecular weight is 249 g/mol. The third-order valence-corrected chi connectivity index (χ3v) is 3.02. The first kappa shape index (κ1) is 15.2. The van der Waals surface area contributed by atoms with E-state index in [4.69, 9.17) is 4.74 Å². The zero-order chi connectivity index (χ0) is 13.4. The maximum atomic E-state index is 5.57. The maximum absolute atomic E-state index is 5.57. The number of aryl methyl sites for hydroxylation is 1. The van der Waals surface area contributed by atoms with Crippen LogP contribution >= 0.6 is 0 Å². The van der Waals surface area contributed by atoms with Gasteiger partial charge in [-0.15, -0.1) is 0 Å². The molecule has 102 valence electrons. The Labute approximate surface area is 112 Å². The van der Waals surface area contributed by atoms with E-state index in [-0.39, 0.29) is 0 Å². The van der Waals surface area contributed by atoms with Crippen molar-refractivity contribution < 1.29 is 4.74 Å². The second-order valence-corrected chi connectivity index (χ2v) is 5.35. The first-order valence-electron chi connectivity index (χ1n) is 6.98. The Morgan fingerprint density at radius 2 is 1.89 bits per heavy atom. The molecule has 18 heavy (non-hydrogen) atoms. The van der Waals surface area contributed by atoms with Gasteiger partial charge >= 0.3 is 0 Å². The normalized spacial score (nSPS) is 12.9. The molecule has 0 aromatic heterocycles. The largest absolute Gasteiger partial charge is 0.381 e. The van der Waals surface area contributed by atoms with Crippen LogP contribution in [0.2, 0.25) is 0 Å². The van der Waals surface area contributed by atoms with E-state index >= 15 is 0 Å². The standard InChI is InChI=1S/C16H27NO/c1-13(2)12-18-11-7-10-17-15(4)16-9-6-5-8-14(16)3/h5-6,8-9,13,15,17H,7,10-12H2,1-4H3. The quantitative estimate of drug-likeness (QED) is 0.709. The number of hydrogen-bond acceptors (Lipinski definition) is 2. The lowest BCUT2D eigenvalue weighted by molar-refractivity contribution is 0.107. The summed E-state index contributed by atoms with van der Waals surface area (Å²) in [5, 5.41) is 3.55. The van der Waals surface area contributed by atoms with Gasteiger partial charge in [-0.3, -0.25) is 0 Å². The first-order chi connectivity index (χ1) is 8.61. The zero-order valence-electron chi connectivity index (χ0n) is 12.2. The van der Waals surface area contributed by atoms with Crippen LogP contribution in [0.15, 0.2) is 24.3 Å². The Morgan fingerprint density at radius 3 is 2.56 bits per heavy atom. The fourth-order valence-electron chi connectivity index (χ4n) is 1.99. The van der Waals surface area contributed by atoms with Crippen LogP contribution in [0.1, 0.15) is 44.4 Å². The van der Waals surface area contributed by atoms with Crippen LogP contribution in [0.5, 0.6) is 0 Å². The smallest absolute Gasteiger partial charge is 0.0489 e. The van der Waals surface area contributed by atoms with Crippen LogP contribution in [-0.2, 0) is 4.74 Å². The van der Waals surface area contributed by atoms with Crippen molar-refractivity contribution in [1.82, 2.24) is 5.32 Å². The first-order valence-corrected chi connectivity index (χ1v) is 6.98. The summed E-state index contributed by atoms with van der Waals surface area (Å²) in [6.45, 7) is 11.5. The van der Waals surface area contributed by atoms with Gasteiger partial charge in [0.25, 0.3) is 0 Å². The van der Waals surface area contributed by atoms with E-state index in [2.05, 4.69) is 57.3 Å². The molecule has 0 fully saturated rings. The highest BCUT2D eigenvalue weighted by Gasteiger charge is 2.06. The second-order valence-electron chi connectivity index (χ2n) is 5.35. The molecule has 2 nitrogen and oxygen atoms in total. The topological polar surface area (TPSA) is 21.3 Å². The Kier molecular flexibility index (Phi) is 6.99. The van der Waals surface area contributed by atoms with Crippen molar-refractivity contribution in [1.29, 1.82) is 0 Å². The van der Waals surface area contributed by atoms with Crippen LogP contribution in [0.3, 0.4) is 0 Å². The van der Waals surface area contributed by atoms with Crippen molar-refractivity contribution in [2.45, 2.75) is 40.2 Å². The lowest BCUT2D eigenvalue weighted by Crippen LogP contribution is -2.21. The van der Waals surface area contributed by atoms with Crippen LogP contribution in [0.4, 0.5) is 0 Å². The molecule has 1 unspecified atom stereocenters. The summed E-state index contributed by atoms with van der Waals surface area (Å²) in [4.78, 5) is 0. The molecule has 1 aromatic rings. The average Bonchev–Trinajstić information content (AvgIpc) is 2.33. The van der Waals surface area contributed by atoms with Crippen molar-refractivity contribution in [3.8, 4) is 0 Å². The number of ether oxygens (including phenoxy) is 1. The summed E-state index contributed by atoms with van der Waals surface area (Å²) in [5.41, 5.74) is 2.74. The fraction of sp³-hybridized carbons (Fsp3) is 0.625. The minimum atomic E-state index is 0.413. The predicted molar refractivity (Wildman–Crippen MR) is 77.9 cm³/mol. The highest BCUT2D eigenvalue weighted by molar-refractivity contribution is 5.28. The minimum Gasteiger partial charge on any atom is -0.381 e. The summed E-state index contributed by atoms with van der Waals surface area (Å²) in [6, 6.07) is 8.97. The van der Waals surface area contributed by atoms with E-state index in [0.29, 0.717) is 12.0 Å². The zero-order valence-corrected chi connectivity index (χ0v) is 12.2. The molecule has 0 aliphatic rings. The summed E-state index contributed by atoms with van der Waals surface area (Å²) in [7, 11) is 0. The SMILES string of the molecule is Cc1ccccc1C(C)NCCCOCC(C)C. The number of hydrogen-bond donors (Lipinski definition) is 1. The fourth-order valence-corrected chi connectivity index (χ4v) is 1.99. The molecule has 0 saturated heterocycles. The van der Waals surface area contributed by atoms with Crippen LogP contribution in [-0.4, -0.2) is 19.8 Å². The molecule has 0 spiro atoms.